The molecule has 13 heteroatoms. The minimum Gasteiger partial charge on any atom is -0.480 e. The van der Waals surface area contributed by atoms with Crippen LogP contribution in [0.1, 0.15) is 29.6 Å². The first-order valence-electron chi connectivity index (χ1n) is 11.9. The highest BCUT2D eigenvalue weighted by Crippen LogP contribution is 2.28. The Bertz CT molecular complexity index is 1380. The third-order valence-electron chi connectivity index (χ3n) is 6.00. The lowest BCUT2D eigenvalue weighted by atomic mass is 10.1. The van der Waals surface area contributed by atoms with Crippen molar-refractivity contribution < 1.29 is 27.5 Å². The fourth-order valence-corrected chi connectivity index (χ4v) is 5.32. The zero-order chi connectivity index (χ0) is 27.1. The van der Waals surface area contributed by atoms with Gasteiger partial charge in [0.1, 0.15) is 18.0 Å². The Morgan fingerprint density at radius 2 is 1.82 bits per heavy atom. The Kier molecular flexibility index (Phi) is 8.48. The lowest BCUT2D eigenvalue weighted by Crippen LogP contribution is -2.48. The molecule has 1 aromatic heterocycles. The summed E-state index contributed by atoms with van der Waals surface area (Å²) >= 11 is 0. The number of aromatic nitrogens is 2. The normalized spacial score (nSPS) is 16.4. The summed E-state index contributed by atoms with van der Waals surface area (Å²) in [7, 11) is -4.13. The molecular formula is C25H27FN6O5S. The number of nitrogens with one attached hydrogen (secondary N) is 3. The first-order chi connectivity index (χ1) is 18.2. The lowest BCUT2D eigenvalue weighted by molar-refractivity contribution is -0.138. The predicted octanol–water partition coefficient (Wildman–Crippen LogP) is 2.21. The SMILES string of the molecule is O=C(NC[C@H](NS(=O)(=O)c1ccccc1)C(=O)O)c1ccc(N2CCCC[C@@H]2Nc2ncccn2)c(F)c1. The number of carbonyl (C=O) groups is 2. The van der Waals surface area contributed by atoms with E-state index in [0.717, 1.165) is 25.3 Å². The summed E-state index contributed by atoms with van der Waals surface area (Å²) in [6.07, 6.45) is 5.53. The van der Waals surface area contributed by atoms with Crippen LogP contribution in [0.2, 0.25) is 0 Å². The highest BCUT2D eigenvalue weighted by atomic mass is 32.2. The standard InChI is InChI=1S/C25H27FN6O5S/c26-19-15-17(10-11-21(19)32-14-5-4-9-22(32)30-25-27-12-6-13-28-25)23(33)29-16-20(24(34)35)31-38(36,37)18-7-2-1-3-8-18/h1-3,6-8,10-13,15,20,22,31H,4-5,9,14,16H2,(H,29,33)(H,34,35)(H,27,28,30)/t20-,22+/m0/s1. The van der Waals surface area contributed by atoms with E-state index in [0.29, 0.717) is 18.2 Å². The monoisotopic (exact) mass is 542 g/mol. The molecule has 11 nitrogen and oxygen atoms in total. The number of piperidine rings is 1. The van der Waals surface area contributed by atoms with Crippen molar-refractivity contribution in [2.24, 2.45) is 0 Å². The van der Waals surface area contributed by atoms with E-state index in [1.165, 1.54) is 36.4 Å². The molecule has 4 rings (SSSR count). The van der Waals surface area contributed by atoms with E-state index < -0.39 is 40.3 Å². The maximum Gasteiger partial charge on any atom is 0.323 e. The van der Waals surface area contributed by atoms with Crippen molar-refractivity contribution in [1.82, 2.24) is 20.0 Å². The Hall–Kier alpha value is -4.10. The number of amides is 1. The zero-order valence-electron chi connectivity index (χ0n) is 20.2. The van der Waals surface area contributed by atoms with Crippen LogP contribution in [0.5, 0.6) is 0 Å². The molecule has 2 heterocycles. The van der Waals surface area contributed by atoms with Crippen molar-refractivity contribution in [2.75, 3.05) is 23.3 Å². The lowest BCUT2D eigenvalue weighted by Gasteiger charge is -2.38. The molecule has 0 aliphatic carbocycles. The van der Waals surface area contributed by atoms with Gasteiger partial charge in [-0.3, -0.25) is 9.59 Å². The average Bonchev–Trinajstić information content (AvgIpc) is 2.92. The fraction of sp³-hybridized carbons (Fsp3) is 0.280. The third kappa shape index (κ3) is 6.61. The van der Waals surface area contributed by atoms with Crippen LogP contribution in [0.15, 0.2) is 71.9 Å². The molecule has 38 heavy (non-hydrogen) atoms. The quantitative estimate of drug-likeness (QED) is 0.302. The molecule has 2 atom stereocenters. The van der Waals surface area contributed by atoms with Crippen molar-refractivity contribution in [1.29, 1.82) is 0 Å². The number of anilines is 2. The van der Waals surface area contributed by atoms with Gasteiger partial charge in [0.15, 0.2) is 0 Å². The summed E-state index contributed by atoms with van der Waals surface area (Å²) < 4.78 is 42.2. The second-order valence-electron chi connectivity index (χ2n) is 8.62. The van der Waals surface area contributed by atoms with E-state index in [4.69, 9.17) is 0 Å². The van der Waals surface area contributed by atoms with E-state index >= 15 is 4.39 Å². The molecule has 3 aromatic rings. The van der Waals surface area contributed by atoms with Gasteiger partial charge in [-0.1, -0.05) is 18.2 Å². The number of hydrogen-bond acceptors (Lipinski definition) is 8. The number of benzene rings is 2. The number of nitrogens with zero attached hydrogens (tertiary/aromatic N) is 3. The molecule has 0 radical (unpaired) electrons. The molecule has 4 N–H and O–H groups in total. The van der Waals surface area contributed by atoms with E-state index in [1.807, 2.05) is 4.90 Å². The van der Waals surface area contributed by atoms with Gasteiger partial charge < -0.3 is 20.6 Å². The Morgan fingerprint density at radius 3 is 2.50 bits per heavy atom. The highest BCUT2D eigenvalue weighted by molar-refractivity contribution is 7.89. The molecule has 1 aliphatic heterocycles. The van der Waals surface area contributed by atoms with Crippen molar-refractivity contribution in [3.8, 4) is 0 Å². The van der Waals surface area contributed by atoms with Gasteiger partial charge >= 0.3 is 5.97 Å². The summed E-state index contributed by atoms with van der Waals surface area (Å²) in [4.78, 5) is 34.4. The van der Waals surface area contributed by atoms with E-state index in [-0.39, 0.29) is 16.6 Å². The molecule has 1 saturated heterocycles. The molecule has 1 amide bonds. The van der Waals surface area contributed by atoms with Gasteiger partial charge in [-0.25, -0.2) is 22.8 Å². The maximum absolute atomic E-state index is 15.2. The zero-order valence-corrected chi connectivity index (χ0v) is 21.1. The van der Waals surface area contributed by atoms with Crippen molar-refractivity contribution in [2.45, 2.75) is 36.4 Å². The molecule has 0 bridgehead atoms. The molecular weight excluding hydrogens is 515 g/mol. The van der Waals surface area contributed by atoms with Crippen LogP contribution in [-0.2, 0) is 14.8 Å². The van der Waals surface area contributed by atoms with Crippen LogP contribution < -0.4 is 20.3 Å². The van der Waals surface area contributed by atoms with E-state index in [1.54, 1.807) is 24.5 Å². The number of carbonyl (C=O) groups excluding carboxylic acids is 1. The number of carboxylic acid groups (broad SMARTS) is 1. The fourth-order valence-electron chi connectivity index (χ4n) is 4.10. The average molecular weight is 543 g/mol. The van der Waals surface area contributed by atoms with Crippen LogP contribution >= 0.6 is 0 Å². The van der Waals surface area contributed by atoms with Crippen molar-refractivity contribution in [3.63, 3.8) is 0 Å². The second kappa shape index (κ2) is 12.0. The summed E-state index contributed by atoms with van der Waals surface area (Å²) in [6.45, 7) is 0.0492. The molecule has 0 spiro atoms. The number of carboxylic acids is 1. The summed E-state index contributed by atoms with van der Waals surface area (Å²) in [6, 6.07) is 11.3. The number of halogens is 1. The van der Waals surface area contributed by atoms with Gasteiger partial charge in [0.05, 0.1) is 10.6 Å². The molecule has 0 saturated carbocycles. The molecule has 0 unspecified atom stereocenters. The largest absolute Gasteiger partial charge is 0.480 e. The smallest absolute Gasteiger partial charge is 0.323 e. The topological polar surface area (TPSA) is 154 Å². The van der Waals surface area contributed by atoms with Crippen LogP contribution in [0.3, 0.4) is 0 Å². The van der Waals surface area contributed by atoms with Gasteiger partial charge in [-0.05, 0) is 55.7 Å². The summed E-state index contributed by atoms with van der Waals surface area (Å²) in [5, 5.41) is 15.0. The summed E-state index contributed by atoms with van der Waals surface area (Å²) in [5.74, 6) is -2.42. The highest BCUT2D eigenvalue weighted by Gasteiger charge is 2.28. The van der Waals surface area contributed by atoms with Crippen LogP contribution in [0, 0.1) is 5.82 Å². The molecule has 1 fully saturated rings. The third-order valence-corrected chi connectivity index (χ3v) is 7.49. The van der Waals surface area contributed by atoms with E-state index in [2.05, 4.69) is 25.3 Å². The minimum absolute atomic E-state index is 0.0331. The van der Waals surface area contributed by atoms with Gasteiger partial charge in [0, 0.05) is 31.0 Å². The number of aliphatic carboxylic acids is 1. The van der Waals surface area contributed by atoms with Crippen molar-refractivity contribution in [3.05, 3.63) is 78.4 Å². The minimum atomic E-state index is -4.13. The van der Waals surface area contributed by atoms with Crippen molar-refractivity contribution >= 4 is 33.5 Å². The van der Waals surface area contributed by atoms with Gasteiger partial charge in [0.2, 0.25) is 16.0 Å². The Balaban J connectivity index is 1.42. The Morgan fingerprint density at radius 1 is 1.08 bits per heavy atom. The van der Waals surface area contributed by atoms with Gasteiger partial charge in [0.25, 0.3) is 5.91 Å². The molecule has 200 valence electrons. The van der Waals surface area contributed by atoms with Gasteiger partial charge in [-0.2, -0.15) is 4.72 Å². The number of hydrogen-bond donors (Lipinski definition) is 4. The Labute approximate surface area is 219 Å². The number of rotatable bonds is 10. The first-order valence-corrected chi connectivity index (χ1v) is 13.4. The van der Waals surface area contributed by atoms with Gasteiger partial charge in [-0.15, -0.1) is 0 Å². The maximum atomic E-state index is 15.2. The molecule has 2 aromatic carbocycles. The van der Waals surface area contributed by atoms with Crippen LogP contribution in [0.25, 0.3) is 0 Å². The second-order valence-corrected chi connectivity index (χ2v) is 10.3. The van der Waals surface area contributed by atoms with Crippen LogP contribution in [0.4, 0.5) is 16.0 Å². The number of sulfonamides is 1. The first kappa shape index (κ1) is 26.9. The predicted molar refractivity (Wildman–Crippen MR) is 138 cm³/mol. The van der Waals surface area contributed by atoms with E-state index in [9.17, 15) is 23.1 Å². The summed E-state index contributed by atoms with van der Waals surface area (Å²) in [5.41, 5.74) is 0.267. The van der Waals surface area contributed by atoms with Crippen LogP contribution in [-0.4, -0.2) is 60.7 Å². The molecule has 1 aliphatic rings.